The minimum Gasteiger partial charge on any atom is -0.493 e. The molecule has 1 aromatic carbocycles. The van der Waals surface area contributed by atoms with E-state index in [1.54, 1.807) is 37.5 Å². The van der Waals surface area contributed by atoms with Crippen LogP contribution < -0.4 is 14.2 Å². The van der Waals surface area contributed by atoms with Gasteiger partial charge in [0, 0.05) is 13.1 Å². The van der Waals surface area contributed by atoms with Crippen molar-refractivity contribution in [2.75, 3.05) is 34.4 Å². The molecule has 0 bridgehead atoms. The number of thiophene rings is 1. The second kappa shape index (κ2) is 9.44. The SMILES string of the molecule is COc1cc(CN2CCC[C@H](Cn3nnc(-c4cccs4)n3)C2)cc(OC)c1OC. The molecule has 1 aliphatic heterocycles. The molecule has 0 unspecified atom stereocenters. The summed E-state index contributed by atoms with van der Waals surface area (Å²) in [4.78, 5) is 5.25. The summed E-state index contributed by atoms with van der Waals surface area (Å²) >= 11 is 1.63. The van der Waals surface area contributed by atoms with Crippen LogP contribution in [0.1, 0.15) is 18.4 Å². The van der Waals surface area contributed by atoms with Gasteiger partial charge in [-0.05, 0) is 59.7 Å². The average Bonchev–Trinajstić information content (AvgIpc) is 3.45. The first-order chi connectivity index (χ1) is 14.7. The number of ether oxygens (including phenoxy) is 3. The summed E-state index contributed by atoms with van der Waals surface area (Å²) in [5.74, 6) is 3.20. The van der Waals surface area contributed by atoms with E-state index >= 15 is 0 Å². The van der Waals surface area contributed by atoms with Gasteiger partial charge < -0.3 is 14.2 Å². The third kappa shape index (κ3) is 4.57. The minimum atomic E-state index is 0.492. The second-order valence-electron chi connectivity index (χ2n) is 7.42. The lowest BCUT2D eigenvalue weighted by atomic mass is 9.97. The van der Waals surface area contributed by atoms with Gasteiger partial charge in [-0.3, -0.25) is 4.90 Å². The molecule has 3 aromatic rings. The summed E-state index contributed by atoms with van der Waals surface area (Å²) < 4.78 is 16.4. The summed E-state index contributed by atoms with van der Waals surface area (Å²) in [5, 5.41) is 15.0. The van der Waals surface area contributed by atoms with Crippen LogP contribution in [0.25, 0.3) is 10.7 Å². The Hall–Kier alpha value is -2.65. The molecule has 0 amide bonds. The highest BCUT2D eigenvalue weighted by Gasteiger charge is 2.23. The van der Waals surface area contributed by atoms with Crippen LogP contribution in [0.3, 0.4) is 0 Å². The molecule has 2 aromatic heterocycles. The smallest absolute Gasteiger partial charge is 0.214 e. The van der Waals surface area contributed by atoms with Crippen molar-refractivity contribution in [2.24, 2.45) is 5.92 Å². The number of likely N-dealkylation sites (tertiary alicyclic amines) is 1. The molecular weight excluding hydrogens is 402 g/mol. The Morgan fingerprint density at radius 2 is 1.93 bits per heavy atom. The van der Waals surface area contributed by atoms with E-state index in [4.69, 9.17) is 14.2 Å². The number of rotatable bonds is 8. The molecular formula is C21H27N5O3S. The molecule has 9 heteroatoms. The van der Waals surface area contributed by atoms with Crippen molar-refractivity contribution in [3.8, 4) is 28.0 Å². The molecule has 1 atom stereocenters. The number of hydrogen-bond donors (Lipinski definition) is 0. The fourth-order valence-electron chi connectivity index (χ4n) is 3.98. The van der Waals surface area contributed by atoms with E-state index < -0.39 is 0 Å². The van der Waals surface area contributed by atoms with Gasteiger partial charge >= 0.3 is 0 Å². The zero-order chi connectivity index (χ0) is 20.9. The number of methoxy groups -OCH3 is 3. The highest BCUT2D eigenvalue weighted by molar-refractivity contribution is 7.13. The van der Waals surface area contributed by atoms with Crippen LogP contribution in [0, 0.1) is 5.92 Å². The van der Waals surface area contributed by atoms with Crippen molar-refractivity contribution in [3.63, 3.8) is 0 Å². The van der Waals surface area contributed by atoms with Crippen molar-refractivity contribution in [2.45, 2.75) is 25.9 Å². The predicted octanol–water partition coefficient (Wildman–Crippen LogP) is 3.34. The van der Waals surface area contributed by atoms with Gasteiger partial charge in [-0.2, -0.15) is 4.80 Å². The maximum absolute atomic E-state index is 5.49. The third-order valence-corrected chi connectivity index (χ3v) is 6.22. The van der Waals surface area contributed by atoms with Gasteiger partial charge in [0.15, 0.2) is 11.5 Å². The van der Waals surface area contributed by atoms with Crippen LogP contribution in [0.2, 0.25) is 0 Å². The van der Waals surface area contributed by atoms with Crippen molar-refractivity contribution in [1.82, 2.24) is 25.1 Å². The van der Waals surface area contributed by atoms with Gasteiger partial charge in [0.25, 0.3) is 0 Å². The molecule has 0 N–H and O–H groups in total. The summed E-state index contributed by atoms with van der Waals surface area (Å²) in [7, 11) is 4.92. The van der Waals surface area contributed by atoms with E-state index in [0.29, 0.717) is 29.0 Å². The number of benzene rings is 1. The maximum atomic E-state index is 5.49. The fraction of sp³-hybridized carbons (Fsp3) is 0.476. The summed E-state index contributed by atoms with van der Waals surface area (Å²) in [5.41, 5.74) is 1.14. The summed E-state index contributed by atoms with van der Waals surface area (Å²) in [6, 6.07) is 8.07. The van der Waals surface area contributed by atoms with E-state index in [0.717, 1.165) is 43.0 Å². The van der Waals surface area contributed by atoms with Crippen LogP contribution in [0.5, 0.6) is 17.2 Å². The van der Waals surface area contributed by atoms with Gasteiger partial charge in [0.1, 0.15) is 0 Å². The zero-order valence-corrected chi connectivity index (χ0v) is 18.4. The molecule has 1 aliphatic rings. The largest absolute Gasteiger partial charge is 0.493 e. The Morgan fingerprint density at radius 1 is 1.13 bits per heavy atom. The molecule has 4 rings (SSSR count). The summed E-state index contributed by atoms with van der Waals surface area (Å²) in [6.07, 6.45) is 2.32. The van der Waals surface area contributed by atoms with Crippen LogP contribution in [-0.2, 0) is 13.1 Å². The lowest BCUT2D eigenvalue weighted by molar-refractivity contribution is 0.149. The average molecular weight is 430 g/mol. The first-order valence-corrected chi connectivity index (χ1v) is 10.9. The molecule has 3 heterocycles. The van der Waals surface area contributed by atoms with Gasteiger partial charge in [-0.15, -0.1) is 21.5 Å². The molecule has 8 nitrogen and oxygen atoms in total. The normalized spacial score (nSPS) is 17.1. The Balaban J connectivity index is 1.41. The zero-order valence-electron chi connectivity index (χ0n) is 17.6. The van der Waals surface area contributed by atoms with E-state index in [2.05, 4.69) is 20.3 Å². The van der Waals surface area contributed by atoms with Crippen LogP contribution in [0.15, 0.2) is 29.6 Å². The molecule has 0 spiro atoms. The first kappa shape index (κ1) is 20.6. The molecule has 0 saturated carbocycles. The number of aromatic nitrogens is 4. The number of piperidine rings is 1. The Labute approximate surface area is 180 Å². The summed E-state index contributed by atoms with van der Waals surface area (Å²) in [6.45, 7) is 3.67. The second-order valence-corrected chi connectivity index (χ2v) is 8.37. The topological polar surface area (TPSA) is 74.5 Å². The van der Waals surface area contributed by atoms with Crippen molar-refractivity contribution < 1.29 is 14.2 Å². The third-order valence-electron chi connectivity index (χ3n) is 5.35. The standard InChI is InChI=1S/C21H27N5O3S/c1-27-17-10-16(11-18(28-2)20(17)29-3)13-25-8-4-6-15(12-25)14-26-23-21(22-24-26)19-7-5-9-30-19/h5,7,9-11,15H,4,6,8,12-14H2,1-3H3/t15-/m0/s1. The van der Waals surface area contributed by atoms with Crippen LogP contribution in [0.4, 0.5) is 0 Å². The van der Waals surface area contributed by atoms with Crippen molar-refractivity contribution in [3.05, 3.63) is 35.2 Å². The quantitative estimate of drug-likeness (QED) is 0.544. The first-order valence-electron chi connectivity index (χ1n) is 10.0. The molecule has 0 radical (unpaired) electrons. The van der Waals surface area contributed by atoms with E-state index in [-0.39, 0.29) is 0 Å². The van der Waals surface area contributed by atoms with Crippen molar-refractivity contribution in [1.29, 1.82) is 0 Å². The highest BCUT2D eigenvalue weighted by atomic mass is 32.1. The Kier molecular flexibility index (Phi) is 6.49. The van der Waals surface area contributed by atoms with Gasteiger partial charge in [0.2, 0.25) is 11.6 Å². The fourth-order valence-corrected chi connectivity index (χ4v) is 4.63. The minimum absolute atomic E-state index is 0.492. The predicted molar refractivity (Wildman–Crippen MR) is 115 cm³/mol. The number of hydrogen-bond acceptors (Lipinski definition) is 8. The molecule has 1 fully saturated rings. The van der Waals surface area contributed by atoms with Crippen LogP contribution >= 0.6 is 11.3 Å². The monoisotopic (exact) mass is 429 g/mol. The number of nitrogens with zero attached hydrogens (tertiary/aromatic N) is 5. The molecule has 0 aliphatic carbocycles. The van der Waals surface area contributed by atoms with E-state index in [1.165, 1.54) is 6.42 Å². The lowest BCUT2D eigenvalue weighted by Gasteiger charge is -2.32. The molecule has 1 saturated heterocycles. The lowest BCUT2D eigenvalue weighted by Crippen LogP contribution is -2.36. The van der Waals surface area contributed by atoms with Crippen LogP contribution in [-0.4, -0.2) is 59.5 Å². The van der Waals surface area contributed by atoms with E-state index in [1.807, 2.05) is 29.6 Å². The van der Waals surface area contributed by atoms with E-state index in [9.17, 15) is 0 Å². The Bertz CT molecular complexity index is 934. The number of tetrazole rings is 1. The molecule has 160 valence electrons. The maximum Gasteiger partial charge on any atom is 0.214 e. The molecule has 30 heavy (non-hydrogen) atoms. The van der Waals surface area contributed by atoms with Gasteiger partial charge in [-0.25, -0.2) is 0 Å². The van der Waals surface area contributed by atoms with Crippen molar-refractivity contribution >= 4 is 11.3 Å². The Morgan fingerprint density at radius 3 is 2.60 bits per heavy atom. The van der Waals surface area contributed by atoms with Gasteiger partial charge in [0.05, 0.1) is 32.8 Å². The van der Waals surface area contributed by atoms with Gasteiger partial charge in [-0.1, -0.05) is 6.07 Å². The highest BCUT2D eigenvalue weighted by Crippen LogP contribution is 2.38.